The van der Waals surface area contributed by atoms with E-state index in [1.165, 1.54) is 29.6 Å². The van der Waals surface area contributed by atoms with Gasteiger partial charge in [0.2, 0.25) is 15.8 Å². The van der Waals surface area contributed by atoms with E-state index in [2.05, 4.69) is 6.58 Å². The molecular weight excluding hydrogens is 432 g/mol. The number of aryl methyl sites for hydroxylation is 1. The van der Waals surface area contributed by atoms with Crippen molar-refractivity contribution in [2.45, 2.75) is 39.1 Å². The molecule has 0 saturated carbocycles. The Hall–Kier alpha value is -2.91. The fourth-order valence-electron chi connectivity index (χ4n) is 3.49. The van der Waals surface area contributed by atoms with Crippen LogP contribution in [0.1, 0.15) is 46.0 Å². The van der Waals surface area contributed by atoms with Crippen LogP contribution in [0, 0.1) is 13.8 Å². The third-order valence-corrected chi connectivity index (χ3v) is 7.31. The zero-order valence-corrected chi connectivity index (χ0v) is 20.0. The van der Waals surface area contributed by atoms with E-state index in [1.807, 2.05) is 18.4 Å². The second-order valence-electron chi connectivity index (χ2n) is 7.14. The Bertz CT molecular complexity index is 1110. The number of benzene rings is 1. The van der Waals surface area contributed by atoms with Crippen LogP contribution in [-0.4, -0.2) is 55.8 Å². The highest BCUT2D eigenvalue weighted by Gasteiger charge is 2.27. The number of ether oxygens (including phenoxy) is 2. The third kappa shape index (κ3) is 5.11. The lowest BCUT2D eigenvalue weighted by molar-refractivity contribution is 0.0474. The molecule has 0 fully saturated rings. The van der Waals surface area contributed by atoms with E-state index >= 15 is 0 Å². The second-order valence-corrected chi connectivity index (χ2v) is 9.04. The first kappa shape index (κ1) is 25.4. The van der Waals surface area contributed by atoms with E-state index in [9.17, 15) is 18.0 Å². The van der Waals surface area contributed by atoms with Crippen molar-refractivity contribution in [2.75, 3.05) is 26.8 Å². The van der Waals surface area contributed by atoms with Gasteiger partial charge in [0.15, 0.2) is 6.61 Å². The molecule has 1 aromatic carbocycles. The number of carbonyl (C=O) groups excluding carboxylic acids is 2. The van der Waals surface area contributed by atoms with Crippen molar-refractivity contribution in [3.05, 3.63) is 59.4 Å². The van der Waals surface area contributed by atoms with Gasteiger partial charge in [-0.15, -0.1) is 6.58 Å². The summed E-state index contributed by atoms with van der Waals surface area (Å²) in [6.07, 6.45) is 1.74. The highest BCUT2D eigenvalue weighted by molar-refractivity contribution is 7.89. The number of hydrogen-bond donors (Lipinski definition) is 0. The fourth-order valence-corrected chi connectivity index (χ4v) is 5.13. The summed E-state index contributed by atoms with van der Waals surface area (Å²) in [6.45, 7) is 11.5. The highest BCUT2D eigenvalue weighted by Crippen LogP contribution is 2.28. The van der Waals surface area contributed by atoms with Crippen LogP contribution in [0.25, 0.3) is 0 Å². The summed E-state index contributed by atoms with van der Waals surface area (Å²) in [5, 5.41) is 0. The first-order chi connectivity index (χ1) is 15.1. The number of nitrogens with zero attached hydrogens (tertiary/aromatic N) is 2. The largest absolute Gasteiger partial charge is 0.495 e. The normalized spacial score (nSPS) is 11.4. The van der Waals surface area contributed by atoms with Crippen molar-refractivity contribution >= 4 is 21.8 Å². The van der Waals surface area contributed by atoms with Crippen LogP contribution in [0.5, 0.6) is 5.75 Å². The Morgan fingerprint density at radius 3 is 2.38 bits per heavy atom. The molecule has 1 heterocycles. The lowest BCUT2D eigenvalue weighted by Crippen LogP contribution is -2.31. The van der Waals surface area contributed by atoms with Crippen LogP contribution in [0.4, 0.5) is 0 Å². The molecule has 0 atom stereocenters. The van der Waals surface area contributed by atoms with Crippen LogP contribution in [-0.2, 0) is 21.3 Å². The van der Waals surface area contributed by atoms with Gasteiger partial charge < -0.3 is 14.0 Å². The minimum absolute atomic E-state index is 0.0152. The predicted octanol–water partition coefficient (Wildman–Crippen LogP) is 3.37. The maximum atomic E-state index is 13.0. The predicted molar refractivity (Wildman–Crippen MR) is 122 cm³/mol. The molecule has 0 aliphatic carbocycles. The van der Waals surface area contributed by atoms with Gasteiger partial charge >= 0.3 is 5.97 Å². The average molecular weight is 463 g/mol. The number of esters is 1. The van der Waals surface area contributed by atoms with Crippen molar-refractivity contribution in [1.29, 1.82) is 0 Å². The summed E-state index contributed by atoms with van der Waals surface area (Å²) in [7, 11) is -2.51. The van der Waals surface area contributed by atoms with Gasteiger partial charge in [0.05, 0.1) is 12.7 Å². The van der Waals surface area contributed by atoms with Crippen LogP contribution < -0.4 is 4.74 Å². The summed E-state index contributed by atoms with van der Waals surface area (Å²) >= 11 is 0. The van der Waals surface area contributed by atoms with Crippen molar-refractivity contribution in [3.63, 3.8) is 0 Å². The molecule has 0 unspecified atom stereocenters. The standard InChI is InChI=1S/C23H30N2O6S/c1-7-12-25-16(4)13-19(17(25)5)20(26)15-31-23(27)18-10-11-21(30-6)22(14-18)32(28,29)24(8-2)9-3/h7,10-11,13-14H,1,8-9,12,15H2,2-6H3. The van der Waals surface area contributed by atoms with Gasteiger partial charge in [0.1, 0.15) is 10.6 Å². The van der Waals surface area contributed by atoms with E-state index in [0.29, 0.717) is 12.1 Å². The van der Waals surface area contributed by atoms with Gasteiger partial charge in [-0.25, -0.2) is 13.2 Å². The van der Waals surface area contributed by atoms with Crippen molar-refractivity contribution in [1.82, 2.24) is 8.87 Å². The molecule has 8 nitrogen and oxygen atoms in total. The molecule has 0 aliphatic heterocycles. The molecular formula is C23H30N2O6S. The zero-order chi connectivity index (χ0) is 24.1. The number of allylic oxidation sites excluding steroid dienone is 1. The third-order valence-electron chi connectivity index (χ3n) is 5.24. The van der Waals surface area contributed by atoms with Gasteiger partial charge in [-0.2, -0.15) is 4.31 Å². The van der Waals surface area contributed by atoms with Crippen molar-refractivity contribution < 1.29 is 27.5 Å². The Kier molecular flexibility index (Phi) is 8.40. The molecule has 32 heavy (non-hydrogen) atoms. The number of sulfonamides is 1. The molecule has 0 aliphatic rings. The molecule has 0 amide bonds. The minimum Gasteiger partial charge on any atom is -0.495 e. The summed E-state index contributed by atoms with van der Waals surface area (Å²) in [5.41, 5.74) is 2.15. The van der Waals surface area contributed by atoms with E-state index < -0.39 is 22.6 Å². The van der Waals surface area contributed by atoms with Gasteiger partial charge in [0, 0.05) is 36.6 Å². The Labute approximate surface area is 189 Å². The minimum atomic E-state index is -3.86. The van der Waals surface area contributed by atoms with Crippen molar-refractivity contribution in [3.8, 4) is 5.75 Å². The number of ketones is 1. The molecule has 174 valence electrons. The Morgan fingerprint density at radius 2 is 1.81 bits per heavy atom. The molecule has 0 bridgehead atoms. The van der Waals surface area contributed by atoms with Gasteiger partial charge in [0.25, 0.3) is 0 Å². The number of methoxy groups -OCH3 is 1. The number of hydrogen-bond acceptors (Lipinski definition) is 6. The van der Waals surface area contributed by atoms with Crippen LogP contribution in [0.2, 0.25) is 0 Å². The van der Waals surface area contributed by atoms with Crippen LogP contribution in [0.3, 0.4) is 0 Å². The van der Waals surface area contributed by atoms with Gasteiger partial charge in [-0.1, -0.05) is 19.9 Å². The van der Waals surface area contributed by atoms with E-state index in [-0.39, 0.29) is 35.1 Å². The van der Waals surface area contributed by atoms with E-state index in [4.69, 9.17) is 9.47 Å². The van der Waals surface area contributed by atoms with E-state index in [0.717, 1.165) is 11.4 Å². The molecule has 2 aromatic rings. The molecule has 0 spiro atoms. The Balaban J connectivity index is 2.25. The maximum Gasteiger partial charge on any atom is 0.338 e. The van der Waals surface area contributed by atoms with E-state index in [1.54, 1.807) is 26.0 Å². The van der Waals surface area contributed by atoms with Crippen molar-refractivity contribution in [2.24, 2.45) is 0 Å². The first-order valence-electron chi connectivity index (χ1n) is 10.3. The summed E-state index contributed by atoms with van der Waals surface area (Å²) < 4.78 is 39.5. The lowest BCUT2D eigenvalue weighted by atomic mass is 10.1. The average Bonchev–Trinajstić information content (AvgIpc) is 3.06. The molecule has 9 heteroatoms. The Morgan fingerprint density at radius 1 is 1.16 bits per heavy atom. The van der Waals surface area contributed by atoms with Gasteiger partial charge in [-0.3, -0.25) is 4.79 Å². The summed E-state index contributed by atoms with van der Waals surface area (Å²) in [4.78, 5) is 25.1. The SMILES string of the molecule is C=CCn1c(C)cc(C(=O)COC(=O)c2ccc(OC)c(S(=O)(=O)N(CC)CC)c2)c1C. The summed E-state index contributed by atoms with van der Waals surface area (Å²) in [6, 6.07) is 5.77. The monoisotopic (exact) mass is 462 g/mol. The first-order valence-corrected chi connectivity index (χ1v) is 11.7. The second kappa shape index (κ2) is 10.6. The maximum absolute atomic E-state index is 13.0. The molecule has 0 radical (unpaired) electrons. The summed E-state index contributed by atoms with van der Waals surface area (Å²) in [5.74, 6) is -1.01. The molecule has 1 aromatic heterocycles. The van der Waals surface area contributed by atoms with Crippen LogP contribution in [0.15, 0.2) is 41.8 Å². The fraction of sp³-hybridized carbons (Fsp3) is 0.391. The zero-order valence-electron chi connectivity index (χ0n) is 19.2. The number of rotatable bonds is 11. The quantitative estimate of drug-likeness (QED) is 0.289. The highest BCUT2D eigenvalue weighted by atomic mass is 32.2. The molecule has 2 rings (SSSR count). The molecule has 0 saturated heterocycles. The van der Waals surface area contributed by atoms with Gasteiger partial charge in [-0.05, 0) is 38.1 Å². The topological polar surface area (TPSA) is 94.9 Å². The van der Waals surface area contributed by atoms with Crippen LogP contribution >= 0.6 is 0 Å². The number of aromatic nitrogens is 1. The smallest absolute Gasteiger partial charge is 0.338 e. The number of carbonyl (C=O) groups is 2. The number of Topliss-reactive ketones (excluding diaryl/α,β-unsaturated/α-hetero) is 1. The molecule has 0 N–H and O–H groups in total. The lowest BCUT2D eigenvalue weighted by Gasteiger charge is -2.20.